The van der Waals surface area contributed by atoms with Gasteiger partial charge in [0.1, 0.15) is 0 Å². The van der Waals surface area contributed by atoms with E-state index in [9.17, 15) is 5.26 Å². The van der Waals surface area contributed by atoms with E-state index in [4.69, 9.17) is 0 Å². The number of benzene rings is 11. The molecule has 5 heterocycles. The fourth-order valence-corrected chi connectivity index (χ4v) is 14.5. The van der Waals surface area contributed by atoms with Gasteiger partial charge in [-0.3, -0.25) is 0 Å². The molecule has 0 bridgehead atoms. The predicted octanol–water partition coefficient (Wildman–Crippen LogP) is 19.0. The minimum Gasteiger partial charge on any atom is -0.309 e. The molecule has 0 amide bonds. The third kappa shape index (κ3) is 6.89. The second-order valence-corrected chi connectivity index (χ2v) is 22.5. The molecule has 0 radical (unpaired) electrons. The van der Waals surface area contributed by atoms with Gasteiger partial charge in [-0.05, 0) is 114 Å². The van der Waals surface area contributed by atoms with Crippen LogP contribution in [0.15, 0.2) is 237 Å². The van der Waals surface area contributed by atoms with Gasteiger partial charge >= 0.3 is 0 Å². The molecule has 15 aromatic rings. The van der Waals surface area contributed by atoms with E-state index in [1.807, 2.05) is 12.1 Å². The Morgan fingerprint density at radius 1 is 0.383 bits per heavy atom. The lowest BCUT2D eigenvalue weighted by Gasteiger charge is -2.32. The Hall–Kier alpha value is -9.93. The molecule has 1 aliphatic carbocycles. The monoisotopic (exact) mass is 1040 g/mol. The van der Waals surface area contributed by atoms with Crippen molar-refractivity contribution in [1.82, 2.24) is 23.6 Å². The Labute approximate surface area is 468 Å². The Bertz CT molecular complexity index is 5070. The zero-order chi connectivity index (χ0) is 53.3. The third-order valence-electron chi connectivity index (χ3n) is 18.1. The van der Waals surface area contributed by atoms with Crippen molar-refractivity contribution in [3.63, 3.8) is 0 Å². The molecule has 11 aromatic carbocycles. The molecule has 2 aliphatic rings. The van der Waals surface area contributed by atoms with Gasteiger partial charge in [-0.1, -0.05) is 177 Å². The van der Waals surface area contributed by atoms with Gasteiger partial charge in [-0.2, -0.15) is 5.26 Å². The third-order valence-corrected chi connectivity index (χ3v) is 18.1. The lowest BCUT2D eigenvalue weighted by molar-refractivity contribution is 0.442. The molecular weight excluding hydrogens is 985 g/mol. The van der Waals surface area contributed by atoms with Crippen molar-refractivity contribution < 1.29 is 0 Å². The first-order valence-corrected chi connectivity index (χ1v) is 28.8. The number of nitrogens with one attached hydrogen (secondary N) is 1. The lowest BCUT2D eigenvalue weighted by atomic mass is 9.78. The number of aromatic nitrogens is 4. The predicted molar refractivity (Wildman–Crippen MR) is 336 cm³/mol. The molecule has 384 valence electrons. The molecule has 1 N–H and O–H groups in total. The second-order valence-electron chi connectivity index (χ2n) is 22.5. The van der Waals surface area contributed by atoms with E-state index >= 15 is 0 Å². The first-order chi connectivity index (χ1) is 40.2. The van der Waals surface area contributed by atoms with Crippen LogP contribution in [0, 0.1) is 11.3 Å². The maximum atomic E-state index is 10.3. The Morgan fingerprint density at radius 3 is 1.26 bits per heavy atom. The summed E-state index contributed by atoms with van der Waals surface area (Å²) >= 11 is 0. The molecule has 81 heavy (non-hydrogen) atoms. The molecule has 6 nitrogen and oxygen atoms in total. The summed E-state index contributed by atoms with van der Waals surface area (Å²) in [4.78, 5) is 0. The fourth-order valence-electron chi connectivity index (χ4n) is 14.5. The molecule has 1 aliphatic heterocycles. The molecule has 1 saturated heterocycles. The number of hydrogen-bond donors (Lipinski definition) is 1. The molecule has 6 heteroatoms. The summed E-state index contributed by atoms with van der Waals surface area (Å²) in [6, 6.07) is 90.7. The van der Waals surface area contributed by atoms with Gasteiger partial charge in [-0.15, -0.1) is 0 Å². The Morgan fingerprint density at radius 2 is 0.802 bits per heavy atom. The summed E-state index contributed by atoms with van der Waals surface area (Å²) in [5.41, 5.74) is 22.0. The number of fused-ring (bicyclic) bond motifs is 14. The van der Waals surface area contributed by atoms with E-state index in [-0.39, 0.29) is 5.92 Å². The van der Waals surface area contributed by atoms with E-state index in [1.54, 1.807) is 0 Å². The maximum absolute atomic E-state index is 10.3. The average molecular weight is 1040 g/mol. The summed E-state index contributed by atoms with van der Waals surface area (Å²) in [5, 5.41) is 23.7. The van der Waals surface area contributed by atoms with Gasteiger partial charge < -0.3 is 23.6 Å². The normalized spacial score (nSPS) is 14.9. The van der Waals surface area contributed by atoms with Crippen molar-refractivity contribution in [3.05, 3.63) is 253 Å². The van der Waals surface area contributed by atoms with Crippen LogP contribution in [0.25, 0.3) is 132 Å². The van der Waals surface area contributed by atoms with Gasteiger partial charge in [0, 0.05) is 83.7 Å². The molecule has 1 atom stereocenters. The van der Waals surface area contributed by atoms with Crippen molar-refractivity contribution in [1.29, 1.82) is 5.26 Å². The Balaban J connectivity index is 1.13. The maximum Gasteiger partial charge on any atom is 0.0991 e. The van der Waals surface area contributed by atoms with Crippen LogP contribution in [-0.2, 0) is 0 Å². The first kappa shape index (κ1) is 46.0. The van der Waals surface area contributed by atoms with Crippen molar-refractivity contribution in [2.45, 2.75) is 44.1 Å². The number of rotatable bonds is 8. The number of hydrogen-bond acceptors (Lipinski definition) is 2. The molecule has 17 rings (SSSR count). The summed E-state index contributed by atoms with van der Waals surface area (Å²) < 4.78 is 10.3. The summed E-state index contributed by atoms with van der Waals surface area (Å²) in [7, 11) is 0. The summed E-state index contributed by atoms with van der Waals surface area (Å²) in [6.07, 6.45) is 5.62. The highest BCUT2D eigenvalue weighted by molar-refractivity contribution is 6.28. The SMILES string of the molecule is N#Cc1ccc(-c2cc(-c3ccc(C4CN4)cc3)c(-n3c4ccccc4c4ccc5c(c6ccccc6n5-c5ccccc5)c43)c(C3CCCCC3)c2-n2c3ccccc3c3ccc4c(c5ccccc5n4-c4ccccc4)c32)cc1. The molecule has 2 fully saturated rings. The highest BCUT2D eigenvalue weighted by Gasteiger charge is 2.34. The van der Waals surface area contributed by atoms with Gasteiger partial charge in [0.15, 0.2) is 0 Å². The second kappa shape index (κ2) is 18.1. The van der Waals surface area contributed by atoms with Gasteiger partial charge in [0.2, 0.25) is 0 Å². The van der Waals surface area contributed by atoms with E-state index in [1.165, 1.54) is 127 Å². The fraction of sp³-hybridized carbons (Fsp3) is 0.107. The van der Waals surface area contributed by atoms with Crippen LogP contribution in [-0.4, -0.2) is 24.8 Å². The van der Waals surface area contributed by atoms with Crippen molar-refractivity contribution >= 4 is 87.2 Å². The van der Waals surface area contributed by atoms with Crippen LogP contribution in [0.1, 0.15) is 60.8 Å². The van der Waals surface area contributed by atoms with Crippen LogP contribution in [0.2, 0.25) is 0 Å². The van der Waals surface area contributed by atoms with Crippen LogP contribution >= 0.6 is 0 Å². The standard InChI is InChI=1S/C75H54N6/c76-45-47-32-34-48(35-33-47)60-44-61(49-36-38-50(39-37-49)62-46-77-62)75(81-64-29-15-11-25-55(64)57-41-43-68-71(73(57)81)59-27-13-17-31-66(59)79(68)53-22-8-3-9-23-53)69(51-18-4-1-5-19-51)74(60)80-63-28-14-10-24-54(63)56-40-42-67-70(72(56)80)58-26-12-16-30-65(58)78(67)52-20-6-2-7-21-52/h2-3,6-17,20-44,51,62,77H,1,4-5,18-19,46H2. The smallest absolute Gasteiger partial charge is 0.0991 e. The average Bonchev–Trinajstić information content (AvgIpc) is 2.60. The van der Waals surface area contributed by atoms with Crippen molar-refractivity contribution in [2.24, 2.45) is 0 Å². The topological polar surface area (TPSA) is 65.5 Å². The minimum atomic E-state index is 0.193. The molecule has 4 aromatic heterocycles. The molecular formula is C75H54N6. The first-order valence-electron chi connectivity index (χ1n) is 28.8. The van der Waals surface area contributed by atoms with Crippen LogP contribution < -0.4 is 5.32 Å². The largest absolute Gasteiger partial charge is 0.309 e. The summed E-state index contributed by atoms with van der Waals surface area (Å²) in [5.74, 6) is 0.193. The zero-order valence-electron chi connectivity index (χ0n) is 44.7. The highest BCUT2D eigenvalue weighted by atomic mass is 15.1. The van der Waals surface area contributed by atoms with E-state index in [0.29, 0.717) is 11.6 Å². The highest BCUT2D eigenvalue weighted by Crippen LogP contribution is 2.53. The Kier molecular flexibility index (Phi) is 10.3. The minimum absolute atomic E-state index is 0.193. The van der Waals surface area contributed by atoms with E-state index < -0.39 is 0 Å². The van der Waals surface area contributed by atoms with E-state index in [2.05, 4.69) is 254 Å². The lowest BCUT2D eigenvalue weighted by Crippen LogP contribution is -2.16. The van der Waals surface area contributed by atoms with Gasteiger partial charge in [0.25, 0.3) is 0 Å². The quantitative estimate of drug-likeness (QED) is 0.154. The number of nitriles is 1. The zero-order valence-corrected chi connectivity index (χ0v) is 44.7. The van der Waals surface area contributed by atoms with Gasteiger partial charge in [0.05, 0.1) is 67.1 Å². The van der Waals surface area contributed by atoms with Crippen molar-refractivity contribution in [3.8, 4) is 51.1 Å². The van der Waals surface area contributed by atoms with Crippen molar-refractivity contribution in [2.75, 3.05) is 6.54 Å². The van der Waals surface area contributed by atoms with Gasteiger partial charge in [-0.25, -0.2) is 0 Å². The van der Waals surface area contributed by atoms with Crippen LogP contribution in [0.4, 0.5) is 0 Å². The van der Waals surface area contributed by atoms with E-state index in [0.717, 1.165) is 54.7 Å². The molecule has 1 unspecified atom stereocenters. The molecule has 1 saturated carbocycles. The van der Waals surface area contributed by atoms with Crippen LogP contribution in [0.3, 0.4) is 0 Å². The number of nitrogens with zero attached hydrogens (tertiary/aromatic N) is 5. The summed E-state index contributed by atoms with van der Waals surface area (Å²) in [6.45, 7) is 0.998. The number of para-hydroxylation sites is 6. The molecule has 0 spiro atoms. The van der Waals surface area contributed by atoms with Crippen LogP contribution in [0.5, 0.6) is 0 Å².